The molecule has 0 aliphatic rings. The van der Waals surface area contributed by atoms with Gasteiger partial charge in [0.15, 0.2) is 0 Å². The van der Waals surface area contributed by atoms with E-state index in [1.54, 1.807) is 23.5 Å². The first-order chi connectivity index (χ1) is 8.66. The highest BCUT2D eigenvalue weighted by Crippen LogP contribution is 2.27. The summed E-state index contributed by atoms with van der Waals surface area (Å²) < 4.78 is 0.706. The number of nitrogens with zero attached hydrogens (tertiary/aromatic N) is 1. The normalized spacial score (nSPS) is 10.3. The van der Waals surface area contributed by atoms with Crippen LogP contribution in [0.1, 0.15) is 4.88 Å². The molecule has 0 bridgehead atoms. The van der Waals surface area contributed by atoms with E-state index in [1.165, 1.54) is 10.9 Å². The molecule has 0 saturated heterocycles. The molecule has 1 aromatic heterocycles. The van der Waals surface area contributed by atoms with Gasteiger partial charge >= 0.3 is 0 Å². The van der Waals surface area contributed by atoms with Gasteiger partial charge in [0.2, 0.25) is 0 Å². The molecular formula is C12H11BrN2O2S. The lowest BCUT2D eigenvalue weighted by Gasteiger charge is -2.06. The molecule has 0 unspecified atom stereocenters. The maximum absolute atomic E-state index is 10.9. The third kappa shape index (κ3) is 3.30. The van der Waals surface area contributed by atoms with Crippen LogP contribution in [0.25, 0.3) is 0 Å². The molecule has 1 heterocycles. The monoisotopic (exact) mass is 326 g/mol. The number of nitro groups is 1. The van der Waals surface area contributed by atoms with Crippen LogP contribution in [-0.4, -0.2) is 11.5 Å². The number of anilines is 1. The van der Waals surface area contributed by atoms with Gasteiger partial charge in [0.25, 0.3) is 5.69 Å². The first-order valence-corrected chi connectivity index (χ1v) is 7.04. The lowest BCUT2D eigenvalue weighted by Crippen LogP contribution is -2.06. The molecule has 1 aromatic carbocycles. The molecule has 0 saturated carbocycles. The second-order valence-electron chi connectivity index (χ2n) is 3.67. The summed E-state index contributed by atoms with van der Waals surface area (Å²) in [5.41, 5.74) is 0.648. The Morgan fingerprint density at radius 1 is 1.39 bits per heavy atom. The maximum atomic E-state index is 10.9. The number of benzene rings is 1. The van der Waals surface area contributed by atoms with Crippen molar-refractivity contribution >= 4 is 38.6 Å². The average molecular weight is 327 g/mol. The molecule has 0 amide bonds. The third-order valence-corrected chi connectivity index (χ3v) is 3.85. The molecule has 0 radical (unpaired) electrons. The van der Waals surface area contributed by atoms with E-state index < -0.39 is 0 Å². The number of hydrogen-bond acceptors (Lipinski definition) is 4. The van der Waals surface area contributed by atoms with E-state index in [0.717, 1.165) is 6.42 Å². The maximum Gasteiger partial charge on any atom is 0.293 e. The minimum Gasteiger partial charge on any atom is -0.379 e. The van der Waals surface area contributed by atoms with Gasteiger partial charge in [-0.05, 0) is 30.0 Å². The molecule has 2 rings (SSSR count). The largest absolute Gasteiger partial charge is 0.379 e. The Hall–Kier alpha value is -1.40. The number of thiophene rings is 1. The minimum absolute atomic E-state index is 0.0931. The highest BCUT2D eigenvalue weighted by atomic mass is 79.9. The number of hydrogen-bond donors (Lipinski definition) is 1. The van der Waals surface area contributed by atoms with Crippen molar-refractivity contribution < 1.29 is 4.92 Å². The highest BCUT2D eigenvalue weighted by molar-refractivity contribution is 9.10. The number of halogens is 1. The highest BCUT2D eigenvalue weighted by Gasteiger charge is 2.13. The summed E-state index contributed by atoms with van der Waals surface area (Å²) in [5.74, 6) is 0. The predicted octanol–water partition coefficient (Wildman–Crippen LogP) is 4.07. The SMILES string of the molecule is O=[N+]([O-])c1cc(Br)ccc1NCCc1cccs1. The van der Waals surface area contributed by atoms with E-state index in [-0.39, 0.29) is 10.6 Å². The predicted molar refractivity (Wildman–Crippen MR) is 77.3 cm³/mol. The summed E-state index contributed by atoms with van der Waals surface area (Å²) >= 11 is 4.92. The second-order valence-corrected chi connectivity index (χ2v) is 5.62. The minimum atomic E-state index is -0.377. The van der Waals surface area contributed by atoms with Crippen molar-refractivity contribution in [1.29, 1.82) is 0 Å². The van der Waals surface area contributed by atoms with Crippen LogP contribution in [0.4, 0.5) is 11.4 Å². The Labute approximate surface area is 117 Å². The molecule has 0 fully saturated rings. The van der Waals surface area contributed by atoms with E-state index >= 15 is 0 Å². The topological polar surface area (TPSA) is 55.2 Å². The van der Waals surface area contributed by atoms with E-state index in [4.69, 9.17) is 0 Å². The molecule has 0 atom stereocenters. The van der Waals surface area contributed by atoms with Crippen LogP contribution in [0, 0.1) is 10.1 Å². The fraction of sp³-hybridized carbons (Fsp3) is 0.167. The van der Waals surface area contributed by atoms with Crippen molar-refractivity contribution in [3.63, 3.8) is 0 Å². The summed E-state index contributed by atoms with van der Waals surface area (Å²) in [4.78, 5) is 11.8. The molecule has 0 aliphatic heterocycles. The lowest BCUT2D eigenvalue weighted by molar-refractivity contribution is -0.384. The molecule has 18 heavy (non-hydrogen) atoms. The molecule has 94 valence electrons. The van der Waals surface area contributed by atoms with Gasteiger partial charge in [0.05, 0.1) is 4.92 Å². The van der Waals surface area contributed by atoms with Gasteiger partial charge in [0.1, 0.15) is 5.69 Å². The fourth-order valence-corrected chi connectivity index (χ4v) is 2.64. The summed E-state index contributed by atoms with van der Waals surface area (Å²) in [5, 5.41) is 16.0. The van der Waals surface area contributed by atoms with Crippen molar-refractivity contribution in [3.8, 4) is 0 Å². The second kappa shape index (κ2) is 5.97. The summed E-state index contributed by atoms with van der Waals surface area (Å²) in [6, 6.07) is 9.08. The summed E-state index contributed by atoms with van der Waals surface area (Å²) in [6.45, 7) is 0.684. The van der Waals surface area contributed by atoms with E-state index in [2.05, 4.69) is 27.3 Å². The van der Waals surface area contributed by atoms with Crippen molar-refractivity contribution in [2.24, 2.45) is 0 Å². The molecule has 1 N–H and O–H groups in total. The molecule has 2 aromatic rings. The Kier molecular flexibility index (Phi) is 4.33. The van der Waals surface area contributed by atoms with E-state index in [0.29, 0.717) is 16.7 Å². The standard InChI is InChI=1S/C12H11BrN2O2S/c13-9-3-4-11(12(8-9)15(16)17)14-6-5-10-2-1-7-18-10/h1-4,7-8,14H,5-6H2. The van der Waals surface area contributed by atoms with Crippen molar-refractivity contribution in [3.05, 3.63) is 55.2 Å². The zero-order chi connectivity index (χ0) is 13.0. The van der Waals surface area contributed by atoms with Crippen LogP contribution >= 0.6 is 27.3 Å². The van der Waals surface area contributed by atoms with Crippen LogP contribution in [0.3, 0.4) is 0 Å². The number of rotatable bonds is 5. The first kappa shape index (κ1) is 13.0. The Morgan fingerprint density at radius 2 is 2.22 bits per heavy atom. The molecule has 0 spiro atoms. The van der Waals surface area contributed by atoms with E-state index in [1.807, 2.05) is 11.4 Å². The van der Waals surface area contributed by atoms with E-state index in [9.17, 15) is 10.1 Å². The lowest BCUT2D eigenvalue weighted by atomic mass is 10.2. The van der Waals surface area contributed by atoms with Gasteiger partial charge in [-0.15, -0.1) is 11.3 Å². The molecular weight excluding hydrogens is 316 g/mol. The van der Waals surface area contributed by atoms with Crippen LogP contribution in [0.2, 0.25) is 0 Å². The van der Waals surface area contributed by atoms with Gasteiger partial charge in [-0.1, -0.05) is 22.0 Å². The molecule has 4 nitrogen and oxygen atoms in total. The number of nitro benzene ring substituents is 1. The van der Waals surface area contributed by atoms with Crippen LogP contribution in [0.5, 0.6) is 0 Å². The Morgan fingerprint density at radius 3 is 2.89 bits per heavy atom. The Balaban J connectivity index is 2.02. The zero-order valence-corrected chi connectivity index (χ0v) is 11.8. The molecule has 0 aliphatic carbocycles. The van der Waals surface area contributed by atoms with Gasteiger partial charge in [-0.2, -0.15) is 0 Å². The average Bonchev–Trinajstić information content (AvgIpc) is 2.84. The van der Waals surface area contributed by atoms with Crippen molar-refractivity contribution in [2.75, 3.05) is 11.9 Å². The van der Waals surface area contributed by atoms with Crippen LogP contribution < -0.4 is 5.32 Å². The fourth-order valence-electron chi connectivity index (χ4n) is 1.58. The number of nitrogens with one attached hydrogen (secondary N) is 1. The van der Waals surface area contributed by atoms with Crippen molar-refractivity contribution in [1.82, 2.24) is 0 Å². The first-order valence-electron chi connectivity index (χ1n) is 5.37. The zero-order valence-electron chi connectivity index (χ0n) is 9.43. The summed E-state index contributed by atoms with van der Waals surface area (Å²) in [7, 11) is 0. The molecule has 6 heteroatoms. The third-order valence-electron chi connectivity index (χ3n) is 2.42. The Bertz CT molecular complexity index is 543. The van der Waals surface area contributed by atoms with Gasteiger partial charge in [-0.25, -0.2) is 0 Å². The summed E-state index contributed by atoms with van der Waals surface area (Å²) in [6.07, 6.45) is 0.866. The smallest absolute Gasteiger partial charge is 0.293 e. The van der Waals surface area contributed by atoms with Gasteiger partial charge < -0.3 is 5.32 Å². The van der Waals surface area contributed by atoms with Crippen LogP contribution in [0.15, 0.2) is 40.2 Å². The van der Waals surface area contributed by atoms with Crippen molar-refractivity contribution in [2.45, 2.75) is 6.42 Å². The van der Waals surface area contributed by atoms with Gasteiger partial charge in [-0.3, -0.25) is 10.1 Å². The van der Waals surface area contributed by atoms with Gasteiger partial charge in [0, 0.05) is 22.0 Å². The quantitative estimate of drug-likeness (QED) is 0.665. The van der Waals surface area contributed by atoms with Crippen LogP contribution in [-0.2, 0) is 6.42 Å².